The molecule has 0 aliphatic heterocycles. The lowest BCUT2D eigenvalue weighted by molar-refractivity contribution is -0.137. The number of aromatic amines is 1. The van der Waals surface area contributed by atoms with Crippen LogP contribution in [0.25, 0.3) is 39.3 Å². The van der Waals surface area contributed by atoms with Crippen LogP contribution in [0.1, 0.15) is 11.1 Å². The SMILES string of the molecule is C=C(O)c1ccccc1-c1ccc2nc(-c3ccc(C(F)(F)F)cc3)[nH]c2c1. The van der Waals surface area contributed by atoms with Gasteiger partial charge in [0, 0.05) is 11.1 Å². The maximum atomic E-state index is 12.7. The molecule has 0 saturated heterocycles. The monoisotopic (exact) mass is 380 g/mol. The summed E-state index contributed by atoms with van der Waals surface area (Å²) in [5, 5.41) is 9.82. The van der Waals surface area contributed by atoms with Crippen LogP contribution in [0, 0.1) is 0 Å². The first-order valence-electron chi connectivity index (χ1n) is 8.48. The predicted molar refractivity (Wildman–Crippen MR) is 104 cm³/mol. The van der Waals surface area contributed by atoms with E-state index in [1.54, 1.807) is 6.07 Å². The first-order valence-corrected chi connectivity index (χ1v) is 8.48. The van der Waals surface area contributed by atoms with Gasteiger partial charge in [0.25, 0.3) is 0 Å². The normalized spacial score (nSPS) is 11.7. The molecule has 0 radical (unpaired) electrons. The second-order valence-electron chi connectivity index (χ2n) is 6.38. The van der Waals surface area contributed by atoms with E-state index in [0.29, 0.717) is 22.5 Å². The number of nitrogens with zero attached hydrogens (tertiary/aromatic N) is 1. The quantitative estimate of drug-likeness (QED) is 0.402. The minimum absolute atomic E-state index is 0.0225. The summed E-state index contributed by atoms with van der Waals surface area (Å²) in [4.78, 5) is 7.62. The van der Waals surface area contributed by atoms with E-state index in [0.717, 1.165) is 28.8 Å². The molecule has 0 atom stereocenters. The van der Waals surface area contributed by atoms with E-state index < -0.39 is 11.7 Å². The van der Waals surface area contributed by atoms with Crippen molar-refractivity contribution in [2.75, 3.05) is 0 Å². The van der Waals surface area contributed by atoms with Gasteiger partial charge in [0.2, 0.25) is 0 Å². The number of H-pyrrole nitrogens is 1. The van der Waals surface area contributed by atoms with E-state index in [-0.39, 0.29) is 5.76 Å². The number of aromatic nitrogens is 2. The van der Waals surface area contributed by atoms with Crippen LogP contribution in [0.5, 0.6) is 0 Å². The molecule has 0 aliphatic carbocycles. The molecule has 4 rings (SSSR count). The van der Waals surface area contributed by atoms with Crippen LogP contribution in [0.2, 0.25) is 0 Å². The van der Waals surface area contributed by atoms with Gasteiger partial charge in [0.1, 0.15) is 11.6 Å². The molecule has 0 spiro atoms. The molecule has 1 aromatic heterocycles. The van der Waals surface area contributed by atoms with Crippen molar-refractivity contribution in [3.05, 3.63) is 84.4 Å². The van der Waals surface area contributed by atoms with Crippen molar-refractivity contribution in [2.24, 2.45) is 0 Å². The molecule has 0 amide bonds. The van der Waals surface area contributed by atoms with E-state index in [1.165, 1.54) is 12.1 Å². The Kier molecular flexibility index (Phi) is 4.19. The van der Waals surface area contributed by atoms with Crippen molar-refractivity contribution < 1.29 is 18.3 Å². The van der Waals surface area contributed by atoms with Crippen LogP contribution in [0.15, 0.2) is 73.3 Å². The molecule has 0 unspecified atom stereocenters. The molecular formula is C22H15F3N2O. The Labute approximate surface area is 158 Å². The zero-order valence-corrected chi connectivity index (χ0v) is 14.6. The van der Waals surface area contributed by atoms with Crippen LogP contribution in [-0.4, -0.2) is 15.1 Å². The molecular weight excluding hydrogens is 365 g/mol. The van der Waals surface area contributed by atoms with Crippen molar-refractivity contribution in [1.29, 1.82) is 0 Å². The highest BCUT2D eigenvalue weighted by Crippen LogP contribution is 2.32. The minimum Gasteiger partial charge on any atom is -0.508 e. The lowest BCUT2D eigenvalue weighted by Gasteiger charge is -2.08. The fourth-order valence-corrected chi connectivity index (χ4v) is 3.12. The summed E-state index contributed by atoms with van der Waals surface area (Å²) in [5.74, 6) is 0.464. The van der Waals surface area contributed by atoms with Gasteiger partial charge in [0.15, 0.2) is 0 Å². The molecule has 4 aromatic rings. The Bertz CT molecular complexity index is 1170. The number of nitrogens with one attached hydrogen (secondary N) is 1. The topological polar surface area (TPSA) is 48.9 Å². The molecule has 0 saturated carbocycles. The summed E-state index contributed by atoms with van der Waals surface area (Å²) < 4.78 is 38.2. The van der Waals surface area contributed by atoms with Crippen molar-refractivity contribution in [2.45, 2.75) is 6.18 Å². The van der Waals surface area contributed by atoms with Crippen LogP contribution < -0.4 is 0 Å². The van der Waals surface area contributed by atoms with Crippen LogP contribution in [-0.2, 0) is 6.18 Å². The Balaban J connectivity index is 1.74. The van der Waals surface area contributed by atoms with Gasteiger partial charge < -0.3 is 10.1 Å². The lowest BCUT2D eigenvalue weighted by Crippen LogP contribution is -2.04. The van der Waals surface area contributed by atoms with Gasteiger partial charge in [-0.1, -0.05) is 49.0 Å². The lowest BCUT2D eigenvalue weighted by atomic mass is 9.98. The third-order valence-electron chi connectivity index (χ3n) is 4.52. The fourth-order valence-electron chi connectivity index (χ4n) is 3.12. The first kappa shape index (κ1) is 17.9. The third kappa shape index (κ3) is 3.24. The van der Waals surface area contributed by atoms with Gasteiger partial charge >= 0.3 is 6.18 Å². The number of alkyl halides is 3. The average molecular weight is 380 g/mol. The summed E-state index contributed by atoms with van der Waals surface area (Å²) in [6, 6.07) is 17.8. The first-order chi connectivity index (χ1) is 13.3. The number of halogens is 3. The van der Waals surface area contributed by atoms with E-state index in [2.05, 4.69) is 16.5 Å². The molecule has 2 N–H and O–H groups in total. The molecule has 3 nitrogen and oxygen atoms in total. The highest BCUT2D eigenvalue weighted by molar-refractivity contribution is 5.87. The maximum absolute atomic E-state index is 12.7. The van der Waals surface area contributed by atoms with E-state index in [1.807, 2.05) is 36.4 Å². The van der Waals surface area contributed by atoms with Gasteiger partial charge in [0.05, 0.1) is 16.6 Å². The summed E-state index contributed by atoms with van der Waals surface area (Å²) in [6.45, 7) is 3.60. The van der Waals surface area contributed by atoms with E-state index in [9.17, 15) is 18.3 Å². The molecule has 6 heteroatoms. The Morgan fingerprint density at radius 3 is 2.29 bits per heavy atom. The van der Waals surface area contributed by atoms with Gasteiger partial charge in [-0.05, 0) is 35.4 Å². The zero-order chi connectivity index (χ0) is 19.9. The standard InChI is InChI=1S/C22H15F3N2O/c1-13(28)17-4-2-3-5-18(17)15-8-11-19-20(12-15)27-21(26-19)14-6-9-16(10-7-14)22(23,24)25/h2-12,28H,1H2,(H,26,27). The van der Waals surface area contributed by atoms with Crippen molar-refractivity contribution in [3.63, 3.8) is 0 Å². The van der Waals surface area contributed by atoms with Crippen LogP contribution in [0.4, 0.5) is 13.2 Å². The van der Waals surface area contributed by atoms with Gasteiger partial charge in [-0.2, -0.15) is 13.2 Å². The van der Waals surface area contributed by atoms with Crippen molar-refractivity contribution >= 4 is 16.8 Å². The molecule has 28 heavy (non-hydrogen) atoms. The highest BCUT2D eigenvalue weighted by Gasteiger charge is 2.30. The van der Waals surface area contributed by atoms with Crippen molar-refractivity contribution in [3.8, 4) is 22.5 Å². The van der Waals surface area contributed by atoms with Gasteiger partial charge in [-0.25, -0.2) is 4.98 Å². The summed E-state index contributed by atoms with van der Waals surface area (Å²) in [5.41, 5.74) is 3.61. The Hall–Kier alpha value is -3.54. The van der Waals surface area contributed by atoms with Crippen LogP contribution >= 0.6 is 0 Å². The number of imidazole rings is 1. The molecule has 0 aliphatic rings. The summed E-state index contributed by atoms with van der Waals surface area (Å²) in [7, 11) is 0. The average Bonchev–Trinajstić information content (AvgIpc) is 3.10. The van der Waals surface area contributed by atoms with E-state index >= 15 is 0 Å². The largest absolute Gasteiger partial charge is 0.508 e. The second kappa shape index (κ2) is 6.56. The number of aliphatic hydroxyl groups excluding tert-OH is 1. The highest BCUT2D eigenvalue weighted by atomic mass is 19.4. The number of hydrogen-bond acceptors (Lipinski definition) is 2. The van der Waals surface area contributed by atoms with Crippen molar-refractivity contribution in [1.82, 2.24) is 9.97 Å². The number of benzene rings is 3. The maximum Gasteiger partial charge on any atom is 0.416 e. The number of fused-ring (bicyclic) bond motifs is 1. The van der Waals surface area contributed by atoms with E-state index in [4.69, 9.17) is 0 Å². The Morgan fingerprint density at radius 1 is 0.929 bits per heavy atom. The smallest absolute Gasteiger partial charge is 0.416 e. The molecule has 0 bridgehead atoms. The summed E-state index contributed by atoms with van der Waals surface area (Å²) >= 11 is 0. The molecule has 3 aromatic carbocycles. The number of aliphatic hydroxyl groups is 1. The molecule has 140 valence electrons. The number of rotatable bonds is 3. The zero-order valence-electron chi connectivity index (χ0n) is 14.6. The van der Waals surface area contributed by atoms with Gasteiger partial charge in [-0.15, -0.1) is 0 Å². The predicted octanol–water partition coefficient (Wildman–Crippen LogP) is 6.44. The minimum atomic E-state index is -4.37. The molecule has 1 heterocycles. The number of hydrogen-bond donors (Lipinski definition) is 2. The third-order valence-corrected chi connectivity index (χ3v) is 4.52. The fraction of sp³-hybridized carbons (Fsp3) is 0.0455. The summed E-state index contributed by atoms with van der Waals surface area (Å²) in [6.07, 6.45) is -4.37. The molecule has 0 fully saturated rings. The van der Waals surface area contributed by atoms with Crippen LogP contribution in [0.3, 0.4) is 0 Å². The second-order valence-corrected chi connectivity index (χ2v) is 6.38. The Morgan fingerprint density at radius 2 is 1.61 bits per heavy atom. The van der Waals surface area contributed by atoms with Gasteiger partial charge in [-0.3, -0.25) is 0 Å².